The average molecular weight is 380 g/mol. The van der Waals surface area contributed by atoms with Gasteiger partial charge in [0.15, 0.2) is 17.3 Å². The monoisotopic (exact) mass is 380 g/mol. The Morgan fingerprint density at radius 3 is 2.57 bits per heavy atom. The van der Waals surface area contributed by atoms with E-state index in [4.69, 9.17) is 18.9 Å². The number of methoxy groups -OCH3 is 2. The number of Topliss-reactive ketones (excluding diaryl/α,β-unsaturated/α-hetero) is 1. The predicted octanol–water partition coefficient (Wildman–Crippen LogP) is 4.64. The number of ether oxygens (including phenoxy) is 4. The number of hydrogen-bond acceptors (Lipinski definition) is 5. The van der Waals surface area contributed by atoms with Crippen LogP contribution in [-0.4, -0.2) is 32.2 Å². The van der Waals surface area contributed by atoms with Crippen molar-refractivity contribution in [2.45, 2.75) is 31.8 Å². The fraction of sp³-hybridized carbons (Fsp3) is 0.348. The molecule has 2 aromatic rings. The molecule has 0 aromatic heterocycles. The SMILES string of the molecule is COc1cc2c(cc1OC)[C@H](C(=O)c1ccc3c(c1)C=CC(C)(C)O3)CCO2. The summed E-state index contributed by atoms with van der Waals surface area (Å²) >= 11 is 0. The lowest BCUT2D eigenvalue weighted by Crippen LogP contribution is -2.27. The summed E-state index contributed by atoms with van der Waals surface area (Å²) < 4.78 is 22.5. The molecule has 0 N–H and O–H groups in total. The van der Waals surface area contributed by atoms with Crippen LogP contribution in [0.2, 0.25) is 0 Å². The van der Waals surface area contributed by atoms with Crippen LogP contribution in [0.15, 0.2) is 36.4 Å². The van der Waals surface area contributed by atoms with Gasteiger partial charge in [-0.25, -0.2) is 0 Å². The molecule has 0 aliphatic carbocycles. The van der Waals surface area contributed by atoms with Gasteiger partial charge in [-0.15, -0.1) is 0 Å². The van der Waals surface area contributed by atoms with Gasteiger partial charge in [-0.3, -0.25) is 4.79 Å². The van der Waals surface area contributed by atoms with E-state index < -0.39 is 0 Å². The minimum atomic E-state index is -0.340. The molecule has 0 unspecified atom stereocenters. The lowest BCUT2D eigenvalue weighted by molar-refractivity contribution is 0.0932. The second-order valence-electron chi connectivity index (χ2n) is 7.59. The zero-order valence-electron chi connectivity index (χ0n) is 16.6. The summed E-state index contributed by atoms with van der Waals surface area (Å²) in [5.74, 6) is 2.43. The first kappa shape index (κ1) is 18.4. The molecule has 2 aromatic carbocycles. The Balaban J connectivity index is 1.69. The number of hydrogen-bond donors (Lipinski definition) is 0. The van der Waals surface area contributed by atoms with Crippen LogP contribution in [0.25, 0.3) is 6.08 Å². The third-order valence-corrected chi connectivity index (χ3v) is 5.20. The number of fused-ring (bicyclic) bond motifs is 2. The fourth-order valence-corrected chi connectivity index (χ4v) is 3.72. The Hall–Kier alpha value is -2.95. The van der Waals surface area contributed by atoms with Crippen LogP contribution in [0.5, 0.6) is 23.0 Å². The van der Waals surface area contributed by atoms with Crippen LogP contribution in [0.4, 0.5) is 0 Å². The first-order chi connectivity index (χ1) is 13.4. The van der Waals surface area contributed by atoms with Gasteiger partial charge in [-0.1, -0.05) is 6.08 Å². The van der Waals surface area contributed by atoms with E-state index in [9.17, 15) is 4.79 Å². The van der Waals surface area contributed by atoms with Crippen molar-refractivity contribution in [3.63, 3.8) is 0 Å². The van der Waals surface area contributed by atoms with Crippen LogP contribution in [0.3, 0.4) is 0 Å². The van der Waals surface area contributed by atoms with Gasteiger partial charge < -0.3 is 18.9 Å². The molecule has 28 heavy (non-hydrogen) atoms. The summed E-state index contributed by atoms with van der Waals surface area (Å²) in [6.07, 6.45) is 4.64. The number of carbonyl (C=O) groups excluding carboxylic acids is 1. The van der Waals surface area contributed by atoms with Gasteiger partial charge in [0.05, 0.1) is 26.7 Å². The minimum Gasteiger partial charge on any atom is -0.493 e. The van der Waals surface area contributed by atoms with Crippen LogP contribution in [-0.2, 0) is 0 Å². The van der Waals surface area contributed by atoms with E-state index in [1.807, 2.05) is 50.3 Å². The van der Waals surface area contributed by atoms with E-state index in [-0.39, 0.29) is 17.3 Å². The van der Waals surface area contributed by atoms with Crippen molar-refractivity contribution in [2.75, 3.05) is 20.8 Å². The smallest absolute Gasteiger partial charge is 0.170 e. The summed E-state index contributed by atoms with van der Waals surface area (Å²) in [6.45, 7) is 4.50. The van der Waals surface area contributed by atoms with Crippen molar-refractivity contribution in [3.8, 4) is 23.0 Å². The van der Waals surface area contributed by atoms with Crippen molar-refractivity contribution in [3.05, 3.63) is 53.1 Å². The highest BCUT2D eigenvalue weighted by Gasteiger charge is 2.31. The normalized spacial score (nSPS) is 18.9. The van der Waals surface area contributed by atoms with E-state index in [0.29, 0.717) is 35.8 Å². The third-order valence-electron chi connectivity index (χ3n) is 5.20. The third kappa shape index (κ3) is 3.21. The second kappa shape index (κ2) is 6.89. The van der Waals surface area contributed by atoms with Crippen LogP contribution >= 0.6 is 0 Å². The summed E-state index contributed by atoms with van der Waals surface area (Å²) in [5, 5.41) is 0. The molecule has 2 heterocycles. The number of carbonyl (C=O) groups is 1. The molecule has 0 spiro atoms. The topological polar surface area (TPSA) is 54.0 Å². The van der Waals surface area contributed by atoms with Gasteiger partial charge in [0.2, 0.25) is 0 Å². The number of ketones is 1. The highest BCUT2D eigenvalue weighted by atomic mass is 16.5. The number of rotatable bonds is 4. The molecule has 0 fully saturated rings. The second-order valence-corrected chi connectivity index (χ2v) is 7.59. The van der Waals surface area contributed by atoms with E-state index in [2.05, 4.69) is 0 Å². The maximum atomic E-state index is 13.3. The molecule has 5 nitrogen and oxygen atoms in total. The van der Waals surface area contributed by atoms with Crippen molar-refractivity contribution < 1.29 is 23.7 Å². The molecular formula is C23H24O5. The van der Waals surface area contributed by atoms with Crippen LogP contribution in [0.1, 0.15) is 47.7 Å². The van der Waals surface area contributed by atoms with Gasteiger partial charge in [0, 0.05) is 22.8 Å². The lowest BCUT2D eigenvalue weighted by Gasteiger charge is -2.29. The van der Waals surface area contributed by atoms with E-state index in [1.165, 1.54) is 0 Å². The molecule has 2 aliphatic heterocycles. The molecule has 0 radical (unpaired) electrons. The Bertz CT molecular complexity index is 958. The van der Waals surface area contributed by atoms with Crippen LogP contribution in [0, 0.1) is 0 Å². The first-order valence-electron chi connectivity index (χ1n) is 9.37. The first-order valence-corrected chi connectivity index (χ1v) is 9.37. The molecule has 5 heteroatoms. The molecular weight excluding hydrogens is 356 g/mol. The lowest BCUT2D eigenvalue weighted by atomic mass is 9.85. The summed E-state index contributed by atoms with van der Waals surface area (Å²) in [7, 11) is 3.17. The van der Waals surface area contributed by atoms with Crippen LogP contribution < -0.4 is 18.9 Å². The highest BCUT2D eigenvalue weighted by molar-refractivity contribution is 6.02. The van der Waals surface area contributed by atoms with E-state index in [0.717, 1.165) is 16.9 Å². The maximum Gasteiger partial charge on any atom is 0.170 e. The largest absolute Gasteiger partial charge is 0.493 e. The molecule has 0 saturated carbocycles. The Morgan fingerprint density at radius 1 is 1.07 bits per heavy atom. The van der Waals surface area contributed by atoms with Gasteiger partial charge in [0.25, 0.3) is 0 Å². The van der Waals surface area contributed by atoms with Crippen molar-refractivity contribution in [2.24, 2.45) is 0 Å². The number of benzene rings is 2. The Kier molecular flexibility index (Phi) is 4.53. The maximum absolute atomic E-state index is 13.3. The quantitative estimate of drug-likeness (QED) is 0.724. The average Bonchev–Trinajstić information content (AvgIpc) is 2.70. The Labute approximate surface area is 164 Å². The summed E-state index contributed by atoms with van der Waals surface area (Å²) in [4.78, 5) is 13.3. The Morgan fingerprint density at radius 2 is 1.82 bits per heavy atom. The highest BCUT2D eigenvalue weighted by Crippen LogP contribution is 2.43. The summed E-state index contributed by atoms with van der Waals surface area (Å²) in [6, 6.07) is 9.26. The molecule has 0 saturated heterocycles. The van der Waals surface area contributed by atoms with Gasteiger partial charge in [0.1, 0.15) is 17.1 Å². The fourth-order valence-electron chi connectivity index (χ4n) is 3.72. The predicted molar refractivity (Wildman–Crippen MR) is 107 cm³/mol. The zero-order chi connectivity index (χ0) is 19.9. The van der Waals surface area contributed by atoms with E-state index in [1.54, 1.807) is 20.3 Å². The van der Waals surface area contributed by atoms with Gasteiger partial charge >= 0.3 is 0 Å². The summed E-state index contributed by atoms with van der Waals surface area (Å²) in [5.41, 5.74) is 2.08. The molecule has 146 valence electrons. The molecule has 2 aliphatic rings. The molecule has 0 bridgehead atoms. The minimum absolute atomic E-state index is 0.0674. The van der Waals surface area contributed by atoms with Crippen molar-refractivity contribution in [1.29, 1.82) is 0 Å². The van der Waals surface area contributed by atoms with Crippen molar-refractivity contribution >= 4 is 11.9 Å². The van der Waals surface area contributed by atoms with Gasteiger partial charge in [-0.2, -0.15) is 0 Å². The van der Waals surface area contributed by atoms with E-state index >= 15 is 0 Å². The molecule has 4 rings (SSSR count). The molecule has 1 atom stereocenters. The molecule has 0 amide bonds. The standard InChI is InChI=1S/C23H24O5/c1-23(2)9-7-14-11-15(5-6-18(14)28-23)22(24)16-8-10-27-19-13-21(26-4)20(25-3)12-17(16)19/h5-7,9,11-13,16H,8,10H2,1-4H3/t16-/m1/s1. The zero-order valence-corrected chi connectivity index (χ0v) is 16.6. The van der Waals surface area contributed by atoms with Gasteiger partial charge in [-0.05, 0) is 50.6 Å². The van der Waals surface area contributed by atoms with Crippen molar-refractivity contribution in [1.82, 2.24) is 0 Å².